The predicted molar refractivity (Wildman–Crippen MR) is 127 cm³/mol. The van der Waals surface area contributed by atoms with E-state index in [1.165, 1.54) is 0 Å². The van der Waals surface area contributed by atoms with Crippen molar-refractivity contribution in [1.29, 1.82) is 0 Å². The molecule has 0 amide bonds. The summed E-state index contributed by atoms with van der Waals surface area (Å²) in [6.45, 7) is 3.85. The van der Waals surface area contributed by atoms with Crippen molar-refractivity contribution in [1.82, 2.24) is 0 Å². The molecule has 0 bridgehead atoms. The number of alkyl halides is 5. The van der Waals surface area contributed by atoms with Crippen molar-refractivity contribution in [3.8, 4) is 0 Å². The normalized spacial score (nSPS) is 37.4. The molecular formula is C26H33F5O8S. The molecule has 8 nitrogen and oxygen atoms in total. The molecule has 0 aromatic rings. The third kappa shape index (κ3) is 5.00. The van der Waals surface area contributed by atoms with Gasteiger partial charge in [0.1, 0.15) is 17.3 Å². The third-order valence-corrected chi connectivity index (χ3v) is 11.4. The molecule has 0 aromatic carbocycles. The first-order valence-corrected chi connectivity index (χ1v) is 14.9. The Bertz CT molecular complexity index is 1200. The van der Waals surface area contributed by atoms with Crippen molar-refractivity contribution < 1.29 is 58.8 Å². The van der Waals surface area contributed by atoms with Crippen LogP contribution in [0.4, 0.5) is 22.0 Å². The molecule has 0 aromatic heterocycles. The Morgan fingerprint density at radius 3 is 2.30 bits per heavy atom. The summed E-state index contributed by atoms with van der Waals surface area (Å²) in [5, 5.41) is -5.80. The van der Waals surface area contributed by atoms with Crippen molar-refractivity contribution in [2.75, 3.05) is 0 Å². The maximum atomic E-state index is 13.7. The van der Waals surface area contributed by atoms with E-state index in [9.17, 15) is 49.5 Å². The molecule has 4 aliphatic rings. The standard InChI is InChI=1S/C26H33F5O8S/c1-23-9-8-15(32)10-14(23)11-18(33)21-16-7-6-13(24(16,2)19(34)12-17(21)23)4-3-5-20(35)39-22(25(27,28)29)26(30,31)40(36,37)38/h13-14,16-17,21-22H,3-12H2,1-2H3,(H,36,37,38)/t13-,14-,16+,17+,21?,22?,23-,24+/m0/s1. The summed E-state index contributed by atoms with van der Waals surface area (Å²) in [6, 6.07) is 0. The molecule has 4 aliphatic carbocycles. The van der Waals surface area contributed by atoms with E-state index in [-0.39, 0.29) is 78.0 Å². The van der Waals surface area contributed by atoms with E-state index >= 15 is 0 Å². The van der Waals surface area contributed by atoms with Crippen LogP contribution in [0.1, 0.15) is 78.1 Å². The molecule has 0 heterocycles. The summed E-state index contributed by atoms with van der Waals surface area (Å²) in [5.74, 6) is -2.73. The molecule has 8 atom stereocenters. The van der Waals surface area contributed by atoms with Gasteiger partial charge >= 0.3 is 27.5 Å². The highest BCUT2D eigenvalue weighted by molar-refractivity contribution is 7.86. The molecule has 0 radical (unpaired) electrons. The molecule has 14 heteroatoms. The van der Waals surface area contributed by atoms with Gasteiger partial charge in [0.25, 0.3) is 6.10 Å². The monoisotopic (exact) mass is 600 g/mol. The predicted octanol–water partition coefficient (Wildman–Crippen LogP) is 4.70. The second kappa shape index (κ2) is 10.1. The Hall–Kier alpha value is -1.96. The van der Waals surface area contributed by atoms with Gasteiger partial charge in [-0.05, 0) is 61.2 Å². The van der Waals surface area contributed by atoms with Crippen molar-refractivity contribution in [3.63, 3.8) is 0 Å². The third-order valence-electron chi connectivity index (χ3n) is 10.5. The van der Waals surface area contributed by atoms with Gasteiger partial charge in [-0.15, -0.1) is 0 Å². The number of halogens is 5. The van der Waals surface area contributed by atoms with Crippen LogP contribution in [0.3, 0.4) is 0 Å². The molecule has 40 heavy (non-hydrogen) atoms. The molecule has 0 saturated heterocycles. The highest BCUT2D eigenvalue weighted by Gasteiger charge is 2.67. The summed E-state index contributed by atoms with van der Waals surface area (Å²) in [4.78, 5) is 51.1. The zero-order valence-electron chi connectivity index (χ0n) is 22.1. The molecule has 1 N–H and O–H groups in total. The average Bonchev–Trinajstić information content (AvgIpc) is 3.15. The molecule has 4 fully saturated rings. The van der Waals surface area contributed by atoms with Crippen molar-refractivity contribution in [2.45, 2.75) is 95.6 Å². The van der Waals surface area contributed by atoms with Crippen LogP contribution in [-0.2, 0) is 34.0 Å². The summed E-state index contributed by atoms with van der Waals surface area (Å²) in [5.41, 5.74) is -1.20. The van der Waals surface area contributed by atoms with E-state index in [4.69, 9.17) is 4.55 Å². The number of rotatable bonds is 7. The number of ether oxygens (including phenoxy) is 1. The first-order valence-electron chi connectivity index (χ1n) is 13.4. The fraction of sp³-hybridized carbons (Fsp3) is 0.846. The topological polar surface area (TPSA) is 132 Å². The van der Waals surface area contributed by atoms with Gasteiger partial charge < -0.3 is 4.74 Å². The number of ketones is 3. The van der Waals surface area contributed by atoms with Crippen LogP contribution in [0.15, 0.2) is 0 Å². The number of carbonyl (C=O) groups is 4. The Morgan fingerprint density at radius 2 is 1.70 bits per heavy atom. The molecule has 2 unspecified atom stereocenters. The van der Waals surface area contributed by atoms with E-state index in [0.29, 0.717) is 32.1 Å². The first kappa shape index (κ1) is 31.0. The lowest BCUT2D eigenvalue weighted by molar-refractivity contribution is -0.259. The smallest absolute Gasteiger partial charge is 0.432 e. The van der Waals surface area contributed by atoms with Crippen LogP contribution in [0, 0.1) is 40.4 Å². The van der Waals surface area contributed by atoms with Crippen LogP contribution < -0.4 is 0 Å². The minimum atomic E-state index is -6.53. The van der Waals surface area contributed by atoms with Crippen LogP contribution in [0.25, 0.3) is 0 Å². The molecule has 0 spiro atoms. The van der Waals surface area contributed by atoms with Gasteiger partial charge in [0, 0.05) is 43.4 Å². The highest BCUT2D eigenvalue weighted by Crippen LogP contribution is 2.65. The SMILES string of the molecule is C[C@]12CCC(=O)C[C@H]1CC(=O)C1[C@H]2CC(=O)[C@]2(C)[C@@H](CCCC(=O)OC(C(F)(F)F)C(F)(F)S(=O)(=O)O)CC[C@H]12. The molecule has 0 aliphatic heterocycles. The van der Waals surface area contributed by atoms with E-state index in [1.807, 2.05) is 0 Å². The van der Waals surface area contributed by atoms with Crippen LogP contribution in [-0.4, -0.2) is 53.8 Å². The largest absolute Gasteiger partial charge is 0.445 e. The average molecular weight is 601 g/mol. The fourth-order valence-corrected chi connectivity index (χ4v) is 8.63. The molecular weight excluding hydrogens is 567 g/mol. The quantitative estimate of drug-likeness (QED) is 0.253. The summed E-state index contributed by atoms with van der Waals surface area (Å²) in [6.07, 6.45) is -8.09. The second-order valence-electron chi connectivity index (χ2n) is 12.4. The van der Waals surface area contributed by atoms with Gasteiger partial charge in [0.05, 0.1) is 0 Å². The Labute approximate surface area is 228 Å². The van der Waals surface area contributed by atoms with Crippen LogP contribution >= 0.6 is 0 Å². The molecule has 4 saturated carbocycles. The Balaban J connectivity index is 1.43. The fourth-order valence-electron chi connectivity index (χ4n) is 8.17. The van der Waals surface area contributed by atoms with Gasteiger partial charge in [0.15, 0.2) is 0 Å². The minimum absolute atomic E-state index is 0.0275. The van der Waals surface area contributed by atoms with Crippen molar-refractivity contribution >= 4 is 33.4 Å². The van der Waals surface area contributed by atoms with Gasteiger partial charge in [-0.3, -0.25) is 23.7 Å². The number of esters is 1. The first-order chi connectivity index (χ1) is 18.2. The number of fused-ring (bicyclic) bond motifs is 5. The maximum Gasteiger partial charge on any atom is 0.432 e. The minimum Gasteiger partial charge on any atom is -0.445 e. The molecule has 226 valence electrons. The van der Waals surface area contributed by atoms with Crippen molar-refractivity contribution in [2.24, 2.45) is 40.4 Å². The number of Topliss-reactive ketones (excluding diaryl/α,β-unsaturated/α-hetero) is 3. The number of hydrogen-bond acceptors (Lipinski definition) is 7. The Kier molecular flexibility index (Phi) is 7.82. The van der Waals surface area contributed by atoms with Crippen LogP contribution in [0.5, 0.6) is 0 Å². The number of hydrogen-bond donors (Lipinski definition) is 1. The van der Waals surface area contributed by atoms with Crippen molar-refractivity contribution in [3.05, 3.63) is 0 Å². The lowest BCUT2D eigenvalue weighted by Gasteiger charge is -2.58. The molecule has 4 rings (SSSR count). The zero-order chi connectivity index (χ0) is 30.1. The van der Waals surface area contributed by atoms with E-state index in [2.05, 4.69) is 11.7 Å². The van der Waals surface area contributed by atoms with Gasteiger partial charge in [-0.25, -0.2) is 0 Å². The van der Waals surface area contributed by atoms with Gasteiger partial charge in [-0.2, -0.15) is 30.4 Å². The van der Waals surface area contributed by atoms with Gasteiger partial charge in [-0.1, -0.05) is 13.8 Å². The summed E-state index contributed by atoms with van der Waals surface area (Å²) < 4.78 is 100. The lowest BCUT2D eigenvalue weighted by Crippen LogP contribution is -2.59. The summed E-state index contributed by atoms with van der Waals surface area (Å²) in [7, 11) is -6.53. The van der Waals surface area contributed by atoms with E-state index in [1.54, 1.807) is 6.92 Å². The second-order valence-corrected chi connectivity index (χ2v) is 13.9. The zero-order valence-corrected chi connectivity index (χ0v) is 23.0. The number of carbonyl (C=O) groups excluding carboxylic acids is 4. The van der Waals surface area contributed by atoms with E-state index in [0.717, 1.165) is 0 Å². The van der Waals surface area contributed by atoms with E-state index < -0.39 is 45.5 Å². The highest BCUT2D eigenvalue weighted by atomic mass is 32.2. The maximum absolute atomic E-state index is 13.7. The van der Waals surface area contributed by atoms with Crippen LogP contribution in [0.2, 0.25) is 0 Å². The summed E-state index contributed by atoms with van der Waals surface area (Å²) >= 11 is 0. The lowest BCUT2D eigenvalue weighted by atomic mass is 9.44. The Morgan fingerprint density at radius 1 is 1.05 bits per heavy atom. The van der Waals surface area contributed by atoms with Gasteiger partial charge in [0.2, 0.25) is 0 Å².